The molecule has 20 heavy (non-hydrogen) atoms. The van der Waals surface area contributed by atoms with Gasteiger partial charge >= 0.3 is 0 Å². The minimum atomic E-state index is -0.371. The van der Waals surface area contributed by atoms with Gasteiger partial charge in [-0.1, -0.05) is 41.5 Å². The molecule has 0 bridgehead atoms. The lowest BCUT2D eigenvalue weighted by atomic mass is 9.80. The summed E-state index contributed by atoms with van der Waals surface area (Å²) < 4.78 is 0. The van der Waals surface area contributed by atoms with Gasteiger partial charge in [0.2, 0.25) is 5.91 Å². The van der Waals surface area contributed by atoms with Crippen LogP contribution in [0.5, 0.6) is 0 Å². The van der Waals surface area contributed by atoms with Crippen molar-refractivity contribution in [3.63, 3.8) is 0 Å². The molecule has 1 rings (SSSR count). The first-order chi connectivity index (χ1) is 8.91. The highest BCUT2D eigenvalue weighted by molar-refractivity contribution is 5.81. The van der Waals surface area contributed by atoms with Gasteiger partial charge in [-0.2, -0.15) is 0 Å². The molecule has 0 aliphatic carbocycles. The predicted octanol–water partition coefficient (Wildman–Crippen LogP) is 2.01. The van der Waals surface area contributed by atoms with E-state index in [1.165, 1.54) is 0 Å². The maximum atomic E-state index is 12.4. The fraction of sp³-hybridized carbons (Fsp3) is 0.938. The fourth-order valence-corrected chi connectivity index (χ4v) is 2.73. The Morgan fingerprint density at radius 1 is 1.25 bits per heavy atom. The van der Waals surface area contributed by atoms with Crippen molar-refractivity contribution in [1.29, 1.82) is 0 Å². The number of rotatable bonds is 2. The van der Waals surface area contributed by atoms with Crippen molar-refractivity contribution < 1.29 is 9.90 Å². The van der Waals surface area contributed by atoms with Gasteiger partial charge in [-0.15, -0.1) is 0 Å². The third-order valence-electron chi connectivity index (χ3n) is 4.05. The molecule has 1 saturated heterocycles. The molecule has 0 aromatic heterocycles. The number of piperidine rings is 1. The molecule has 0 aromatic carbocycles. The minimum absolute atomic E-state index is 0.0206. The number of carbonyl (C=O) groups is 1. The van der Waals surface area contributed by atoms with Crippen LogP contribution in [0.15, 0.2) is 0 Å². The first kappa shape index (κ1) is 17.4. The summed E-state index contributed by atoms with van der Waals surface area (Å²) >= 11 is 0. The number of nitrogens with zero attached hydrogens (tertiary/aromatic N) is 1. The van der Waals surface area contributed by atoms with E-state index in [4.69, 9.17) is 5.73 Å². The van der Waals surface area contributed by atoms with Crippen molar-refractivity contribution in [2.24, 2.45) is 22.5 Å². The van der Waals surface area contributed by atoms with Gasteiger partial charge in [0.05, 0.1) is 6.10 Å². The molecule has 118 valence electrons. The van der Waals surface area contributed by atoms with Crippen LogP contribution < -0.4 is 5.73 Å². The lowest BCUT2D eigenvalue weighted by Crippen LogP contribution is -2.53. The molecule has 1 aliphatic rings. The molecule has 1 amide bonds. The quantitative estimate of drug-likeness (QED) is 0.815. The van der Waals surface area contributed by atoms with Gasteiger partial charge in [0.15, 0.2) is 0 Å². The summed E-state index contributed by atoms with van der Waals surface area (Å²) in [5, 5.41) is 10.3. The molecule has 0 radical (unpaired) electrons. The Morgan fingerprint density at radius 3 is 2.25 bits per heavy atom. The second-order valence-electron chi connectivity index (χ2n) is 8.44. The highest BCUT2D eigenvalue weighted by atomic mass is 16.3. The number of hydrogen-bond donors (Lipinski definition) is 2. The standard InChI is InChI=1S/C16H32N2O2/c1-15(2,3)13(19)8-11-7-12(17)10-18(9-11)14(20)16(4,5)6/h11-13,19H,7-10,17H2,1-6H3. The van der Waals surface area contributed by atoms with Crippen LogP contribution in [-0.4, -0.2) is 41.1 Å². The largest absolute Gasteiger partial charge is 0.393 e. The Bertz CT molecular complexity index is 341. The van der Waals surface area contributed by atoms with Crippen LogP contribution in [0.2, 0.25) is 0 Å². The monoisotopic (exact) mass is 284 g/mol. The second kappa shape index (κ2) is 6.02. The van der Waals surface area contributed by atoms with Crippen LogP contribution in [0.25, 0.3) is 0 Å². The smallest absolute Gasteiger partial charge is 0.228 e. The number of hydrogen-bond acceptors (Lipinski definition) is 3. The SMILES string of the molecule is CC(C)(C)C(=O)N1CC(N)CC(CC(O)C(C)(C)C)C1. The van der Waals surface area contributed by atoms with Crippen LogP contribution in [-0.2, 0) is 4.79 Å². The van der Waals surface area contributed by atoms with Gasteiger partial charge in [0, 0.05) is 24.5 Å². The van der Waals surface area contributed by atoms with Gasteiger partial charge in [0.1, 0.15) is 0 Å². The van der Waals surface area contributed by atoms with E-state index < -0.39 is 0 Å². The molecule has 4 nitrogen and oxygen atoms in total. The summed E-state index contributed by atoms with van der Waals surface area (Å²) in [6.07, 6.45) is 1.25. The molecule has 3 unspecified atom stereocenters. The third kappa shape index (κ3) is 4.74. The van der Waals surface area contributed by atoms with Crippen molar-refractivity contribution in [2.45, 2.75) is 66.5 Å². The van der Waals surface area contributed by atoms with Crippen LogP contribution in [0, 0.1) is 16.7 Å². The highest BCUT2D eigenvalue weighted by Gasteiger charge is 2.35. The summed E-state index contributed by atoms with van der Waals surface area (Å²) in [6, 6.07) is 0.0206. The Labute approximate surface area is 123 Å². The predicted molar refractivity (Wildman–Crippen MR) is 82.2 cm³/mol. The van der Waals surface area contributed by atoms with E-state index >= 15 is 0 Å². The van der Waals surface area contributed by atoms with Gasteiger partial charge in [-0.3, -0.25) is 4.79 Å². The van der Waals surface area contributed by atoms with Gasteiger partial charge in [-0.05, 0) is 24.2 Å². The van der Waals surface area contributed by atoms with E-state index in [0.29, 0.717) is 18.9 Å². The van der Waals surface area contributed by atoms with Crippen molar-refractivity contribution in [1.82, 2.24) is 4.90 Å². The average Bonchev–Trinajstić information content (AvgIpc) is 2.24. The Hall–Kier alpha value is -0.610. The van der Waals surface area contributed by atoms with E-state index in [9.17, 15) is 9.90 Å². The highest BCUT2D eigenvalue weighted by Crippen LogP contribution is 2.30. The lowest BCUT2D eigenvalue weighted by molar-refractivity contribution is -0.142. The number of aliphatic hydroxyl groups is 1. The Kier molecular flexibility index (Phi) is 5.25. The first-order valence-corrected chi connectivity index (χ1v) is 7.64. The van der Waals surface area contributed by atoms with Gasteiger partial charge < -0.3 is 15.7 Å². The number of amides is 1. The number of nitrogens with two attached hydrogens (primary N) is 1. The molecule has 1 aliphatic heterocycles. The van der Waals surface area contributed by atoms with Gasteiger partial charge in [-0.25, -0.2) is 0 Å². The summed E-state index contributed by atoms with van der Waals surface area (Å²) in [5.41, 5.74) is 5.61. The first-order valence-electron chi connectivity index (χ1n) is 7.64. The molecule has 0 saturated carbocycles. The molecule has 1 fully saturated rings. The summed E-state index contributed by atoms with van der Waals surface area (Å²) in [5.74, 6) is 0.446. The zero-order valence-corrected chi connectivity index (χ0v) is 13.9. The van der Waals surface area contributed by atoms with Crippen LogP contribution in [0.3, 0.4) is 0 Å². The summed E-state index contributed by atoms with van der Waals surface area (Å²) in [7, 11) is 0. The summed E-state index contributed by atoms with van der Waals surface area (Å²) in [6.45, 7) is 13.3. The third-order valence-corrected chi connectivity index (χ3v) is 4.05. The molecular weight excluding hydrogens is 252 g/mol. The topological polar surface area (TPSA) is 66.6 Å². The Balaban J connectivity index is 2.70. The number of carbonyl (C=O) groups excluding carboxylic acids is 1. The average molecular weight is 284 g/mol. The van der Waals surface area contributed by atoms with E-state index in [-0.39, 0.29) is 28.9 Å². The molecule has 0 spiro atoms. The van der Waals surface area contributed by atoms with E-state index in [1.807, 2.05) is 46.4 Å². The maximum Gasteiger partial charge on any atom is 0.228 e. The fourth-order valence-electron chi connectivity index (χ4n) is 2.73. The number of aliphatic hydroxyl groups excluding tert-OH is 1. The van der Waals surface area contributed by atoms with Crippen LogP contribution >= 0.6 is 0 Å². The minimum Gasteiger partial charge on any atom is -0.393 e. The normalized spacial score (nSPS) is 26.5. The molecule has 1 heterocycles. The molecule has 0 aromatic rings. The molecule has 4 heteroatoms. The molecular formula is C16H32N2O2. The van der Waals surface area contributed by atoms with Crippen LogP contribution in [0.4, 0.5) is 0 Å². The van der Waals surface area contributed by atoms with Crippen molar-refractivity contribution in [3.05, 3.63) is 0 Å². The maximum absolute atomic E-state index is 12.4. The van der Waals surface area contributed by atoms with E-state index in [2.05, 4.69) is 0 Å². The van der Waals surface area contributed by atoms with Crippen LogP contribution in [0.1, 0.15) is 54.4 Å². The zero-order valence-electron chi connectivity index (χ0n) is 13.9. The number of likely N-dealkylation sites (tertiary alicyclic amines) is 1. The second-order valence-corrected chi connectivity index (χ2v) is 8.44. The van der Waals surface area contributed by atoms with E-state index in [1.54, 1.807) is 0 Å². The zero-order chi connectivity index (χ0) is 15.7. The van der Waals surface area contributed by atoms with Crippen molar-refractivity contribution >= 4 is 5.91 Å². The Morgan fingerprint density at radius 2 is 1.80 bits per heavy atom. The summed E-state index contributed by atoms with van der Waals surface area (Å²) in [4.78, 5) is 14.3. The molecule has 3 atom stereocenters. The van der Waals surface area contributed by atoms with Gasteiger partial charge in [0.25, 0.3) is 0 Å². The molecule has 3 N–H and O–H groups in total. The van der Waals surface area contributed by atoms with Crippen molar-refractivity contribution in [3.8, 4) is 0 Å². The lowest BCUT2D eigenvalue weighted by Gasteiger charge is -2.41. The van der Waals surface area contributed by atoms with Crippen molar-refractivity contribution in [2.75, 3.05) is 13.1 Å². The van der Waals surface area contributed by atoms with E-state index in [0.717, 1.165) is 13.0 Å².